The second-order valence-corrected chi connectivity index (χ2v) is 9.61. The number of rotatable bonds is 6. The van der Waals surface area contributed by atoms with Crippen LogP contribution in [0.15, 0.2) is 47.6 Å². The lowest BCUT2D eigenvalue weighted by molar-refractivity contribution is -0.132. The number of aromatic nitrogens is 2. The number of nitrogens with zero attached hydrogens (tertiary/aromatic N) is 3. The van der Waals surface area contributed by atoms with E-state index in [1.54, 1.807) is 23.2 Å². The lowest BCUT2D eigenvalue weighted by Crippen LogP contribution is -2.50. The fraction of sp³-hybridized carbons (Fsp3) is 0.364. The van der Waals surface area contributed by atoms with Crippen LogP contribution in [-0.4, -0.2) is 66.3 Å². The molecule has 1 N–H and O–H groups in total. The average Bonchev–Trinajstić information content (AvgIpc) is 3.20. The third-order valence-corrected chi connectivity index (χ3v) is 7.46. The van der Waals surface area contributed by atoms with Gasteiger partial charge in [0.05, 0.1) is 13.0 Å². The number of piperazine rings is 1. The van der Waals surface area contributed by atoms with Crippen LogP contribution in [0.2, 0.25) is 0 Å². The van der Waals surface area contributed by atoms with Crippen LogP contribution >= 0.6 is 0 Å². The summed E-state index contributed by atoms with van der Waals surface area (Å²) >= 11 is 0. The maximum atomic E-state index is 13.1. The van der Waals surface area contributed by atoms with Crippen LogP contribution in [-0.2, 0) is 14.8 Å². The van der Waals surface area contributed by atoms with Crippen molar-refractivity contribution in [3.05, 3.63) is 53.9 Å². The molecule has 0 radical (unpaired) electrons. The van der Waals surface area contributed by atoms with Crippen molar-refractivity contribution >= 4 is 27.0 Å². The number of aryl methyl sites for hydroxylation is 2. The Hall–Kier alpha value is -2.91. The van der Waals surface area contributed by atoms with Crippen molar-refractivity contribution in [2.75, 3.05) is 32.8 Å². The molecule has 1 aliphatic rings. The quantitative estimate of drug-likeness (QED) is 0.633. The van der Waals surface area contributed by atoms with Crippen molar-refractivity contribution in [2.24, 2.45) is 0 Å². The normalized spacial score (nSPS) is 15.4. The molecule has 2 aromatic heterocycles. The number of fused-ring (bicyclic) bond motifs is 1. The van der Waals surface area contributed by atoms with Crippen molar-refractivity contribution in [3.63, 3.8) is 0 Å². The number of H-pyrrole nitrogens is 1. The predicted octanol–water partition coefficient (Wildman–Crippen LogP) is 2.48. The zero-order chi connectivity index (χ0) is 22.0. The first-order valence-corrected chi connectivity index (χ1v) is 11.7. The molecule has 0 unspecified atom stereocenters. The highest BCUT2D eigenvalue weighted by Gasteiger charge is 2.31. The number of pyridine rings is 1. The second kappa shape index (κ2) is 8.68. The topological polar surface area (TPSA) is 95.6 Å². The molecule has 0 bridgehead atoms. The van der Waals surface area contributed by atoms with E-state index in [0.717, 1.165) is 16.9 Å². The number of hydrogen-bond acceptors (Lipinski definition) is 5. The van der Waals surface area contributed by atoms with Crippen molar-refractivity contribution in [1.29, 1.82) is 0 Å². The van der Waals surface area contributed by atoms with Gasteiger partial charge in [-0.3, -0.25) is 4.79 Å². The number of amides is 1. The number of sulfonamides is 1. The molecular weight excluding hydrogens is 416 g/mol. The standard InChI is InChI=1S/C22H26N4O4S/c1-16-5-6-19(17(2)14-16)30-13-7-21(27)25-9-11-26(12-10-25)31(28,29)20-15-24-22-18(20)4-3-8-23-22/h3-6,8,14-15H,7,9-13H2,1-2H3,(H,23,24). The van der Waals surface area contributed by atoms with Crippen molar-refractivity contribution < 1.29 is 17.9 Å². The lowest BCUT2D eigenvalue weighted by Gasteiger charge is -2.34. The summed E-state index contributed by atoms with van der Waals surface area (Å²) in [5.41, 5.74) is 2.75. The molecule has 0 saturated carbocycles. The number of aromatic amines is 1. The zero-order valence-corrected chi connectivity index (χ0v) is 18.5. The second-order valence-electron chi connectivity index (χ2n) is 7.70. The summed E-state index contributed by atoms with van der Waals surface area (Å²) in [5.74, 6) is 0.751. The fourth-order valence-electron chi connectivity index (χ4n) is 3.83. The number of benzene rings is 1. The molecule has 9 heteroatoms. The van der Waals surface area contributed by atoms with E-state index in [2.05, 4.69) is 9.97 Å². The highest BCUT2D eigenvalue weighted by atomic mass is 32.2. The van der Waals surface area contributed by atoms with Gasteiger partial charge < -0.3 is 14.6 Å². The summed E-state index contributed by atoms with van der Waals surface area (Å²) in [7, 11) is -3.66. The Morgan fingerprint density at radius 2 is 1.94 bits per heavy atom. The highest BCUT2D eigenvalue weighted by Crippen LogP contribution is 2.25. The molecule has 1 amide bonds. The van der Waals surface area contributed by atoms with E-state index in [1.165, 1.54) is 10.5 Å². The van der Waals surface area contributed by atoms with E-state index in [-0.39, 0.29) is 30.3 Å². The first kappa shape index (κ1) is 21.3. The van der Waals surface area contributed by atoms with Crippen LogP contribution in [0.25, 0.3) is 11.0 Å². The van der Waals surface area contributed by atoms with Crippen molar-refractivity contribution in [3.8, 4) is 5.75 Å². The number of nitrogens with one attached hydrogen (secondary N) is 1. The van der Waals surface area contributed by atoms with Crippen molar-refractivity contribution in [1.82, 2.24) is 19.2 Å². The first-order valence-electron chi connectivity index (χ1n) is 10.3. The molecule has 31 heavy (non-hydrogen) atoms. The summed E-state index contributed by atoms with van der Waals surface area (Å²) in [6.45, 7) is 5.55. The van der Waals surface area contributed by atoms with Crippen LogP contribution in [0.3, 0.4) is 0 Å². The molecule has 0 aliphatic carbocycles. The molecule has 4 rings (SSSR count). The Morgan fingerprint density at radius 1 is 1.16 bits per heavy atom. The fourth-order valence-corrected chi connectivity index (χ4v) is 5.40. The molecule has 1 aromatic carbocycles. The molecule has 3 heterocycles. The largest absolute Gasteiger partial charge is 0.493 e. The van der Waals surface area contributed by atoms with Crippen LogP contribution in [0, 0.1) is 13.8 Å². The SMILES string of the molecule is Cc1ccc(OCCC(=O)N2CCN(S(=O)(=O)c3c[nH]c4ncccc34)CC2)c(C)c1. The minimum absolute atomic E-state index is 0.0295. The van der Waals surface area contributed by atoms with Crippen LogP contribution < -0.4 is 4.74 Å². The Morgan fingerprint density at radius 3 is 2.68 bits per heavy atom. The van der Waals surface area contributed by atoms with Gasteiger partial charge >= 0.3 is 0 Å². The van der Waals surface area contributed by atoms with Crippen LogP contribution in [0.5, 0.6) is 5.75 Å². The summed E-state index contributed by atoms with van der Waals surface area (Å²) in [6.07, 6.45) is 3.35. The monoisotopic (exact) mass is 442 g/mol. The number of carbonyl (C=O) groups excluding carboxylic acids is 1. The molecule has 1 fully saturated rings. The predicted molar refractivity (Wildman–Crippen MR) is 117 cm³/mol. The summed E-state index contributed by atoms with van der Waals surface area (Å²) in [5, 5.41) is 0.574. The van der Waals surface area contributed by atoms with Gasteiger partial charge in [-0.15, -0.1) is 0 Å². The van der Waals surface area contributed by atoms with E-state index in [4.69, 9.17) is 4.74 Å². The molecule has 1 saturated heterocycles. The zero-order valence-electron chi connectivity index (χ0n) is 17.7. The van der Waals surface area contributed by atoms with Gasteiger partial charge in [0.15, 0.2) is 0 Å². The molecule has 164 valence electrons. The van der Waals surface area contributed by atoms with Gasteiger partial charge in [-0.1, -0.05) is 17.7 Å². The Bertz CT molecular complexity index is 1200. The summed E-state index contributed by atoms with van der Waals surface area (Å²) in [4.78, 5) is 21.5. The Balaban J connectivity index is 1.32. The molecule has 0 spiro atoms. The van der Waals surface area contributed by atoms with E-state index in [1.807, 2.05) is 32.0 Å². The van der Waals surface area contributed by atoms with Gasteiger partial charge in [-0.05, 0) is 37.6 Å². The van der Waals surface area contributed by atoms with E-state index >= 15 is 0 Å². The summed E-state index contributed by atoms with van der Waals surface area (Å²) in [6, 6.07) is 9.39. The van der Waals surface area contributed by atoms with Gasteiger partial charge in [-0.25, -0.2) is 13.4 Å². The third kappa shape index (κ3) is 4.42. The molecule has 0 atom stereocenters. The number of ether oxygens (including phenoxy) is 1. The highest BCUT2D eigenvalue weighted by molar-refractivity contribution is 7.89. The minimum Gasteiger partial charge on any atom is -0.493 e. The molecule has 3 aromatic rings. The maximum Gasteiger partial charge on any atom is 0.245 e. The first-order chi connectivity index (χ1) is 14.9. The summed E-state index contributed by atoms with van der Waals surface area (Å²) < 4.78 is 33.3. The van der Waals surface area contributed by atoms with Gasteiger partial charge in [-0.2, -0.15) is 4.31 Å². The van der Waals surface area contributed by atoms with Crippen LogP contribution in [0.4, 0.5) is 0 Å². The van der Waals surface area contributed by atoms with Gasteiger partial charge in [0.25, 0.3) is 0 Å². The average molecular weight is 443 g/mol. The number of hydrogen-bond donors (Lipinski definition) is 1. The van der Waals surface area contributed by atoms with E-state index in [0.29, 0.717) is 30.7 Å². The Kier molecular flexibility index (Phi) is 5.97. The third-order valence-electron chi connectivity index (χ3n) is 5.53. The van der Waals surface area contributed by atoms with Crippen LogP contribution in [0.1, 0.15) is 17.5 Å². The van der Waals surface area contributed by atoms with E-state index in [9.17, 15) is 13.2 Å². The van der Waals surface area contributed by atoms with Crippen molar-refractivity contribution in [2.45, 2.75) is 25.2 Å². The molecular formula is C22H26N4O4S. The Labute approximate surface area is 181 Å². The van der Waals surface area contributed by atoms with E-state index < -0.39 is 10.0 Å². The smallest absolute Gasteiger partial charge is 0.245 e. The van der Waals surface area contributed by atoms with Gasteiger partial charge in [0.1, 0.15) is 16.3 Å². The minimum atomic E-state index is -3.66. The van der Waals surface area contributed by atoms with Gasteiger partial charge in [0.2, 0.25) is 15.9 Å². The van der Waals surface area contributed by atoms with Gasteiger partial charge in [0, 0.05) is 44.0 Å². The number of carbonyl (C=O) groups is 1. The molecule has 8 nitrogen and oxygen atoms in total. The molecule has 1 aliphatic heterocycles. The lowest BCUT2D eigenvalue weighted by atomic mass is 10.1. The maximum absolute atomic E-state index is 13.1.